The van der Waals surface area contributed by atoms with Gasteiger partial charge in [-0.3, -0.25) is 4.98 Å². The van der Waals surface area contributed by atoms with Crippen molar-refractivity contribution in [3.8, 4) is 0 Å². The highest BCUT2D eigenvalue weighted by Gasteiger charge is 2.03. The lowest BCUT2D eigenvalue weighted by molar-refractivity contribution is 0.561. The van der Waals surface area contributed by atoms with Crippen LogP contribution in [-0.2, 0) is 6.54 Å². The topological polar surface area (TPSA) is 51.0 Å². The Morgan fingerprint density at radius 2 is 2.05 bits per heavy atom. The van der Waals surface area contributed by atoms with E-state index < -0.39 is 0 Å². The molecule has 0 spiro atoms. The largest absolute Gasteiger partial charge is 0.441 e. The highest BCUT2D eigenvalue weighted by molar-refractivity contribution is 5.77. The Bertz CT molecular complexity index is 701. The fraction of sp³-hybridized carbons (Fsp3) is 0.200. The maximum absolute atomic E-state index is 5.45. The van der Waals surface area contributed by atoms with Crippen molar-refractivity contribution in [2.24, 2.45) is 0 Å². The number of anilines is 1. The predicted octanol–water partition coefficient (Wildman–Crippen LogP) is 3.45. The Labute approximate surface area is 111 Å². The molecule has 4 heteroatoms. The molecule has 0 radical (unpaired) electrons. The van der Waals surface area contributed by atoms with Crippen molar-refractivity contribution in [1.29, 1.82) is 0 Å². The molecule has 1 aromatic carbocycles. The minimum Gasteiger partial charge on any atom is -0.441 e. The van der Waals surface area contributed by atoms with Gasteiger partial charge in [0, 0.05) is 31.0 Å². The van der Waals surface area contributed by atoms with Crippen molar-refractivity contribution in [3.05, 3.63) is 53.7 Å². The lowest BCUT2D eigenvalue weighted by Gasteiger charge is -2.06. The van der Waals surface area contributed by atoms with Gasteiger partial charge in [0.25, 0.3) is 0 Å². The Balaban J connectivity index is 1.75. The maximum atomic E-state index is 5.45. The summed E-state index contributed by atoms with van der Waals surface area (Å²) in [7, 11) is 0. The van der Waals surface area contributed by atoms with Crippen LogP contribution in [0.5, 0.6) is 0 Å². The van der Waals surface area contributed by atoms with Crippen molar-refractivity contribution in [2.75, 3.05) is 5.32 Å². The van der Waals surface area contributed by atoms with Gasteiger partial charge in [0.1, 0.15) is 5.52 Å². The summed E-state index contributed by atoms with van der Waals surface area (Å²) in [6, 6.07) is 10.0. The van der Waals surface area contributed by atoms with Crippen LogP contribution in [0.3, 0.4) is 0 Å². The number of benzene rings is 1. The van der Waals surface area contributed by atoms with Gasteiger partial charge in [-0.15, -0.1) is 0 Å². The number of aromatic nitrogens is 2. The number of nitrogens with one attached hydrogen (secondary N) is 1. The lowest BCUT2D eigenvalue weighted by atomic mass is 10.2. The van der Waals surface area contributed by atoms with E-state index in [1.54, 1.807) is 0 Å². The third-order valence-electron chi connectivity index (χ3n) is 2.96. The van der Waals surface area contributed by atoms with Crippen molar-refractivity contribution in [2.45, 2.75) is 20.4 Å². The number of pyridine rings is 1. The van der Waals surface area contributed by atoms with Crippen LogP contribution in [-0.4, -0.2) is 9.97 Å². The maximum Gasteiger partial charge on any atom is 0.192 e. The zero-order valence-corrected chi connectivity index (χ0v) is 11.0. The van der Waals surface area contributed by atoms with Gasteiger partial charge in [-0.2, -0.15) is 0 Å². The molecule has 3 aromatic rings. The second-order valence-corrected chi connectivity index (χ2v) is 4.58. The summed E-state index contributed by atoms with van der Waals surface area (Å²) in [6.07, 6.45) is 1.89. The summed E-state index contributed by atoms with van der Waals surface area (Å²) >= 11 is 0. The zero-order chi connectivity index (χ0) is 13.2. The van der Waals surface area contributed by atoms with E-state index in [0.29, 0.717) is 5.89 Å². The molecule has 1 N–H and O–H groups in total. The Morgan fingerprint density at radius 3 is 2.84 bits per heavy atom. The Kier molecular flexibility index (Phi) is 2.91. The molecule has 0 fully saturated rings. The summed E-state index contributed by atoms with van der Waals surface area (Å²) in [5.41, 5.74) is 4.91. The molecule has 2 heterocycles. The molecule has 0 aliphatic rings. The van der Waals surface area contributed by atoms with E-state index in [9.17, 15) is 0 Å². The van der Waals surface area contributed by atoms with Gasteiger partial charge in [-0.05, 0) is 36.8 Å². The van der Waals surface area contributed by atoms with Crippen LogP contribution < -0.4 is 5.32 Å². The van der Waals surface area contributed by atoms with E-state index in [4.69, 9.17) is 4.42 Å². The average Bonchev–Trinajstić information content (AvgIpc) is 2.77. The highest BCUT2D eigenvalue weighted by atomic mass is 16.3. The molecule has 0 bridgehead atoms. The van der Waals surface area contributed by atoms with E-state index >= 15 is 0 Å². The van der Waals surface area contributed by atoms with Crippen molar-refractivity contribution in [1.82, 2.24) is 9.97 Å². The number of aryl methyl sites for hydroxylation is 2. The molecule has 0 aliphatic heterocycles. The number of fused-ring (bicyclic) bond motifs is 1. The number of hydrogen-bond donors (Lipinski definition) is 1. The van der Waals surface area contributed by atoms with Gasteiger partial charge in [-0.25, -0.2) is 4.98 Å². The standard InChI is InChI=1S/C15H15N3O/c1-10-3-4-12(8-16-10)9-17-13-5-6-15-14(7-13)18-11(2)19-15/h3-8,17H,9H2,1-2H3. The van der Waals surface area contributed by atoms with E-state index in [0.717, 1.165) is 34.6 Å². The SMILES string of the molecule is Cc1ccc(CNc2ccc3oc(C)nc3c2)cn1. The molecule has 0 amide bonds. The summed E-state index contributed by atoms with van der Waals surface area (Å²) in [6.45, 7) is 4.58. The van der Waals surface area contributed by atoms with E-state index in [-0.39, 0.29) is 0 Å². The summed E-state index contributed by atoms with van der Waals surface area (Å²) in [4.78, 5) is 8.60. The van der Waals surface area contributed by atoms with Crippen molar-refractivity contribution in [3.63, 3.8) is 0 Å². The van der Waals surface area contributed by atoms with Crippen LogP contribution in [0.4, 0.5) is 5.69 Å². The third kappa shape index (κ3) is 2.57. The second kappa shape index (κ2) is 4.72. The normalized spacial score (nSPS) is 10.8. The summed E-state index contributed by atoms with van der Waals surface area (Å²) in [5, 5.41) is 3.36. The van der Waals surface area contributed by atoms with Crippen molar-refractivity contribution >= 4 is 16.8 Å². The van der Waals surface area contributed by atoms with Crippen LogP contribution >= 0.6 is 0 Å². The molecule has 0 aliphatic carbocycles. The summed E-state index contributed by atoms with van der Waals surface area (Å²) < 4.78 is 5.45. The molecule has 0 atom stereocenters. The number of oxazole rings is 1. The summed E-state index contributed by atoms with van der Waals surface area (Å²) in [5.74, 6) is 0.690. The van der Waals surface area contributed by atoms with Crippen LogP contribution in [0.25, 0.3) is 11.1 Å². The van der Waals surface area contributed by atoms with Gasteiger partial charge in [0.2, 0.25) is 0 Å². The molecule has 96 valence electrons. The first-order valence-corrected chi connectivity index (χ1v) is 6.23. The van der Waals surface area contributed by atoms with Gasteiger partial charge >= 0.3 is 0 Å². The van der Waals surface area contributed by atoms with Gasteiger partial charge in [0.15, 0.2) is 11.5 Å². The van der Waals surface area contributed by atoms with Gasteiger partial charge in [-0.1, -0.05) is 6.07 Å². The molecule has 0 unspecified atom stereocenters. The van der Waals surface area contributed by atoms with Crippen LogP contribution in [0.15, 0.2) is 40.9 Å². The molecule has 3 rings (SSSR count). The number of rotatable bonds is 3. The molecule has 19 heavy (non-hydrogen) atoms. The average molecular weight is 253 g/mol. The highest BCUT2D eigenvalue weighted by Crippen LogP contribution is 2.20. The fourth-order valence-electron chi connectivity index (χ4n) is 1.96. The van der Waals surface area contributed by atoms with Crippen LogP contribution in [0.2, 0.25) is 0 Å². The Morgan fingerprint density at radius 1 is 1.16 bits per heavy atom. The third-order valence-corrected chi connectivity index (χ3v) is 2.96. The Hall–Kier alpha value is -2.36. The minimum absolute atomic E-state index is 0.690. The number of nitrogens with zero attached hydrogens (tertiary/aromatic N) is 2. The van der Waals surface area contributed by atoms with Crippen molar-refractivity contribution < 1.29 is 4.42 Å². The smallest absolute Gasteiger partial charge is 0.192 e. The minimum atomic E-state index is 0.690. The number of hydrogen-bond acceptors (Lipinski definition) is 4. The first kappa shape index (κ1) is 11.7. The first-order valence-electron chi connectivity index (χ1n) is 6.23. The lowest BCUT2D eigenvalue weighted by Crippen LogP contribution is -1.99. The molecular weight excluding hydrogens is 238 g/mol. The van der Waals surface area contributed by atoms with E-state index in [1.165, 1.54) is 0 Å². The van der Waals surface area contributed by atoms with Gasteiger partial charge in [0.05, 0.1) is 0 Å². The van der Waals surface area contributed by atoms with Crippen LogP contribution in [0, 0.1) is 13.8 Å². The molecule has 4 nitrogen and oxygen atoms in total. The first-order chi connectivity index (χ1) is 9.20. The molecule has 2 aromatic heterocycles. The van der Waals surface area contributed by atoms with Gasteiger partial charge < -0.3 is 9.73 Å². The van der Waals surface area contributed by atoms with E-state index in [1.807, 2.05) is 44.3 Å². The zero-order valence-electron chi connectivity index (χ0n) is 11.0. The molecule has 0 saturated heterocycles. The fourth-order valence-corrected chi connectivity index (χ4v) is 1.96. The second-order valence-electron chi connectivity index (χ2n) is 4.58. The molecule has 0 saturated carbocycles. The predicted molar refractivity (Wildman–Crippen MR) is 75.0 cm³/mol. The van der Waals surface area contributed by atoms with E-state index in [2.05, 4.69) is 21.4 Å². The monoisotopic (exact) mass is 253 g/mol. The molecular formula is C15H15N3O. The quantitative estimate of drug-likeness (QED) is 0.776. The van der Waals surface area contributed by atoms with Crippen LogP contribution in [0.1, 0.15) is 17.1 Å².